The molecule has 2 heterocycles. The summed E-state index contributed by atoms with van der Waals surface area (Å²) in [6.07, 6.45) is 9.53. The molecule has 3 aliphatic rings. The summed E-state index contributed by atoms with van der Waals surface area (Å²) in [5.74, 6) is 0.290. The van der Waals surface area contributed by atoms with Crippen molar-refractivity contribution in [2.45, 2.75) is 62.8 Å². The zero-order chi connectivity index (χ0) is 21.6. The third-order valence-corrected chi connectivity index (χ3v) is 8.33. The lowest BCUT2D eigenvalue weighted by molar-refractivity contribution is -0.125. The van der Waals surface area contributed by atoms with E-state index in [0.717, 1.165) is 32.5 Å². The molecule has 0 radical (unpaired) electrons. The van der Waals surface area contributed by atoms with E-state index in [9.17, 15) is 14.0 Å². The van der Waals surface area contributed by atoms with Crippen molar-refractivity contribution in [3.63, 3.8) is 0 Å². The Morgan fingerprint density at radius 1 is 1.06 bits per heavy atom. The summed E-state index contributed by atoms with van der Waals surface area (Å²) >= 11 is 1.72. The molecule has 3 fully saturated rings. The highest BCUT2D eigenvalue weighted by Gasteiger charge is 2.45. The number of piperidine rings is 1. The van der Waals surface area contributed by atoms with Gasteiger partial charge in [-0.3, -0.25) is 9.59 Å². The molecule has 7 heteroatoms. The van der Waals surface area contributed by atoms with Crippen LogP contribution in [0.1, 0.15) is 61.7 Å². The molecule has 1 aliphatic carbocycles. The van der Waals surface area contributed by atoms with Crippen molar-refractivity contribution in [1.82, 2.24) is 15.1 Å². The quantitative estimate of drug-likeness (QED) is 0.719. The molecular weight excluding hydrogens is 413 g/mol. The fraction of sp³-hybridized carbons (Fsp3) is 0.667. The van der Waals surface area contributed by atoms with Crippen LogP contribution in [-0.2, 0) is 4.79 Å². The molecule has 0 unspecified atom stereocenters. The van der Waals surface area contributed by atoms with E-state index in [1.165, 1.54) is 50.7 Å². The van der Waals surface area contributed by atoms with Crippen LogP contribution in [0.25, 0.3) is 0 Å². The van der Waals surface area contributed by atoms with Crippen molar-refractivity contribution in [1.29, 1.82) is 0 Å². The van der Waals surface area contributed by atoms with Crippen LogP contribution in [-0.4, -0.2) is 65.0 Å². The Bertz CT molecular complexity index is 765. The second-order valence-corrected chi connectivity index (χ2v) is 10.2. The third-order valence-electron chi connectivity index (χ3n) is 6.87. The van der Waals surface area contributed by atoms with Crippen molar-refractivity contribution in [3.05, 3.63) is 35.6 Å². The van der Waals surface area contributed by atoms with Crippen LogP contribution in [0.4, 0.5) is 4.39 Å². The van der Waals surface area contributed by atoms with E-state index in [2.05, 4.69) is 10.2 Å². The molecule has 2 saturated heterocycles. The number of nitrogens with zero attached hydrogens (tertiary/aromatic N) is 2. The second-order valence-electron chi connectivity index (χ2n) is 9.05. The number of thioether (sulfide) groups is 1. The number of carbonyl (C=O) groups excluding carboxylic acids is 2. The van der Waals surface area contributed by atoms with Gasteiger partial charge in [0.1, 0.15) is 11.9 Å². The second kappa shape index (κ2) is 10.8. The topological polar surface area (TPSA) is 52.7 Å². The Labute approximate surface area is 189 Å². The molecule has 2 aliphatic heterocycles. The normalized spacial score (nSPS) is 25.5. The highest BCUT2D eigenvalue weighted by atomic mass is 32.2. The number of halogens is 1. The van der Waals surface area contributed by atoms with E-state index < -0.39 is 11.9 Å². The molecule has 0 aromatic heterocycles. The minimum absolute atomic E-state index is 0.00564. The number of hydrogen-bond acceptors (Lipinski definition) is 4. The van der Waals surface area contributed by atoms with Crippen LogP contribution < -0.4 is 5.32 Å². The predicted molar refractivity (Wildman–Crippen MR) is 122 cm³/mol. The lowest BCUT2D eigenvalue weighted by atomic mass is 9.88. The number of hydrogen-bond donors (Lipinski definition) is 1. The van der Waals surface area contributed by atoms with Crippen LogP contribution in [0.15, 0.2) is 24.3 Å². The molecule has 2 atom stereocenters. The SMILES string of the molecule is O=C(NCCN1CCCCC1)[C@H]1CS[C@@H](C2CCCCC2)N1C(=O)c1cccc(F)c1. The molecule has 0 bridgehead atoms. The van der Waals surface area contributed by atoms with Crippen molar-refractivity contribution in [2.24, 2.45) is 5.92 Å². The average molecular weight is 448 g/mol. The lowest BCUT2D eigenvalue weighted by Gasteiger charge is -2.35. The first kappa shape index (κ1) is 22.6. The van der Waals surface area contributed by atoms with Gasteiger partial charge in [-0.2, -0.15) is 0 Å². The minimum Gasteiger partial charge on any atom is -0.353 e. The van der Waals surface area contributed by atoms with Crippen molar-refractivity contribution in [2.75, 3.05) is 31.9 Å². The van der Waals surface area contributed by atoms with E-state index in [-0.39, 0.29) is 17.2 Å². The zero-order valence-corrected chi connectivity index (χ0v) is 19.0. The lowest BCUT2D eigenvalue weighted by Crippen LogP contribution is -2.52. The number of rotatable bonds is 6. The molecule has 4 rings (SSSR count). The van der Waals surface area contributed by atoms with Gasteiger partial charge in [0.05, 0.1) is 5.37 Å². The molecule has 1 aromatic rings. The Hall–Kier alpha value is -1.60. The van der Waals surface area contributed by atoms with E-state index >= 15 is 0 Å². The zero-order valence-electron chi connectivity index (χ0n) is 18.2. The molecule has 1 saturated carbocycles. The predicted octanol–water partition coefficient (Wildman–Crippen LogP) is 3.89. The van der Waals surface area contributed by atoms with Gasteiger partial charge in [0.15, 0.2) is 0 Å². The molecule has 31 heavy (non-hydrogen) atoms. The largest absolute Gasteiger partial charge is 0.353 e. The van der Waals surface area contributed by atoms with Crippen LogP contribution in [0.2, 0.25) is 0 Å². The maximum absolute atomic E-state index is 13.8. The van der Waals surface area contributed by atoms with Crippen molar-refractivity contribution in [3.8, 4) is 0 Å². The van der Waals surface area contributed by atoms with Crippen LogP contribution in [0.3, 0.4) is 0 Å². The molecule has 1 aromatic carbocycles. The third kappa shape index (κ3) is 5.61. The van der Waals surface area contributed by atoms with Gasteiger partial charge in [0.2, 0.25) is 5.91 Å². The maximum atomic E-state index is 13.8. The standard InChI is InChI=1S/C24H34FN3O2S/c25-20-11-7-10-19(16-20)23(30)28-21(17-31-24(28)18-8-3-1-4-9-18)22(29)26-12-15-27-13-5-2-6-14-27/h7,10-11,16,18,21,24H,1-6,8-9,12-15,17H2,(H,26,29)/t21-,24+/m1/s1. The van der Waals surface area contributed by atoms with Crippen LogP contribution in [0.5, 0.6) is 0 Å². The molecule has 1 N–H and O–H groups in total. The summed E-state index contributed by atoms with van der Waals surface area (Å²) in [4.78, 5) is 30.7. The van der Waals surface area contributed by atoms with Gasteiger partial charge in [0, 0.05) is 24.4 Å². The van der Waals surface area contributed by atoms with Gasteiger partial charge >= 0.3 is 0 Å². The molecule has 2 amide bonds. The molecule has 5 nitrogen and oxygen atoms in total. The molecular formula is C24H34FN3O2S. The Kier molecular flexibility index (Phi) is 7.88. The van der Waals surface area contributed by atoms with Gasteiger partial charge in [-0.1, -0.05) is 31.7 Å². The van der Waals surface area contributed by atoms with Gasteiger partial charge in [0.25, 0.3) is 5.91 Å². The number of likely N-dealkylation sites (tertiary alicyclic amines) is 1. The average Bonchev–Trinajstić information content (AvgIpc) is 3.25. The molecule has 0 spiro atoms. The summed E-state index contributed by atoms with van der Waals surface area (Å²) in [7, 11) is 0. The van der Waals surface area contributed by atoms with Crippen LogP contribution >= 0.6 is 11.8 Å². The molecule has 170 valence electrons. The monoisotopic (exact) mass is 447 g/mol. The number of carbonyl (C=O) groups is 2. The summed E-state index contributed by atoms with van der Waals surface area (Å²) in [5, 5.41) is 3.08. The summed E-state index contributed by atoms with van der Waals surface area (Å²) in [6, 6.07) is 5.36. The fourth-order valence-electron chi connectivity index (χ4n) is 5.18. The summed E-state index contributed by atoms with van der Waals surface area (Å²) < 4.78 is 13.8. The Morgan fingerprint density at radius 3 is 2.55 bits per heavy atom. The van der Waals surface area contributed by atoms with E-state index in [4.69, 9.17) is 0 Å². The smallest absolute Gasteiger partial charge is 0.255 e. The van der Waals surface area contributed by atoms with E-state index in [1.807, 2.05) is 0 Å². The Morgan fingerprint density at radius 2 is 1.81 bits per heavy atom. The van der Waals surface area contributed by atoms with Crippen LogP contribution in [0, 0.1) is 11.7 Å². The van der Waals surface area contributed by atoms with Crippen molar-refractivity contribution >= 4 is 23.6 Å². The first-order valence-electron chi connectivity index (χ1n) is 11.8. The summed E-state index contributed by atoms with van der Waals surface area (Å²) in [6.45, 7) is 3.66. The van der Waals surface area contributed by atoms with Gasteiger partial charge in [-0.05, 0) is 62.9 Å². The first-order chi connectivity index (χ1) is 15.1. The van der Waals surface area contributed by atoms with Gasteiger partial charge < -0.3 is 15.1 Å². The summed E-state index contributed by atoms with van der Waals surface area (Å²) in [5.41, 5.74) is 0.328. The number of benzene rings is 1. The minimum atomic E-state index is -0.492. The highest BCUT2D eigenvalue weighted by molar-refractivity contribution is 8.00. The van der Waals surface area contributed by atoms with Gasteiger partial charge in [-0.15, -0.1) is 11.8 Å². The van der Waals surface area contributed by atoms with E-state index in [0.29, 0.717) is 23.8 Å². The first-order valence-corrected chi connectivity index (χ1v) is 12.9. The maximum Gasteiger partial charge on any atom is 0.255 e. The highest BCUT2D eigenvalue weighted by Crippen LogP contribution is 2.41. The van der Waals surface area contributed by atoms with E-state index in [1.54, 1.807) is 28.8 Å². The Balaban J connectivity index is 1.45. The number of nitrogens with one attached hydrogen (secondary N) is 1. The van der Waals surface area contributed by atoms with Crippen molar-refractivity contribution < 1.29 is 14.0 Å². The fourth-order valence-corrected chi connectivity index (χ4v) is 6.82. The van der Waals surface area contributed by atoms with Gasteiger partial charge in [-0.25, -0.2) is 4.39 Å². The number of amides is 2.